The summed E-state index contributed by atoms with van der Waals surface area (Å²) in [6.07, 6.45) is 2.11. The van der Waals surface area contributed by atoms with Gasteiger partial charge >= 0.3 is 0 Å². The number of carbonyl (C=O) groups excluding carboxylic acids is 3. The Morgan fingerprint density at radius 1 is 1.02 bits per heavy atom. The number of hydrogen-bond donors (Lipinski definition) is 3. The number of carbonyl (C=O) groups is 3. The Bertz CT molecular complexity index is 1350. The third-order valence-electron chi connectivity index (χ3n) is 7.83. The molecule has 1 heterocycles. The van der Waals surface area contributed by atoms with E-state index in [9.17, 15) is 14.4 Å². The van der Waals surface area contributed by atoms with E-state index in [0.29, 0.717) is 49.6 Å². The van der Waals surface area contributed by atoms with Crippen molar-refractivity contribution in [1.29, 1.82) is 0 Å². The zero-order valence-corrected chi connectivity index (χ0v) is 24.9. The molecule has 3 N–H and O–H groups in total. The molecular weight excluding hydrogens is 536 g/mol. The molecular formula is C33H41ClN4O3. The molecule has 218 valence electrons. The highest BCUT2D eigenvalue weighted by Gasteiger charge is 2.32. The van der Waals surface area contributed by atoms with Crippen LogP contribution in [0.2, 0.25) is 5.02 Å². The summed E-state index contributed by atoms with van der Waals surface area (Å²) in [5.41, 5.74) is 1.80. The van der Waals surface area contributed by atoms with Crippen LogP contribution in [-0.4, -0.2) is 60.9 Å². The van der Waals surface area contributed by atoms with Gasteiger partial charge in [-0.25, -0.2) is 0 Å². The molecule has 0 radical (unpaired) electrons. The van der Waals surface area contributed by atoms with E-state index >= 15 is 0 Å². The van der Waals surface area contributed by atoms with Crippen molar-refractivity contribution in [2.75, 3.05) is 26.2 Å². The van der Waals surface area contributed by atoms with Crippen LogP contribution < -0.4 is 16.0 Å². The smallest absolute Gasteiger partial charge is 0.251 e. The maximum absolute atomic E-state index is 13.7. The molecule has 3 aromatic rings. The lowest BCUT2D eigenvalue weighted by Crippen LogP contribution is -2.50. The molecule has 0 saturated carbocycles. The largest absolute Gasteiger partial charge is 0.356 e. The van der Waals surface area contributed by atoms with Gasteiger partial charge in [0.15, 0.2) is 0 Å². The van der Waals surface area contributed by atoms with E-state index in [1.807, 2.05) is 67.3 Å². The Morgan fingerprint density at radius 3 is 2.49 bits per heavy atom. The van der Waals surface area contributed by atoms with E-state index in [2.05, 4.69) is 35.0 Å². The summed E-state index contributed by atoms with van der Waals surface area (Å²) < 4.78 is 0. The molecule has 7 nitrogen and oxygen atoms in total. The van der Waals surface area contributed by atoms with Crippen molar-refractivity contribution in [1.82, 2.24) is 20.9 Å². The lowest BCUT2D eigenvalue weighted by atomic mass is 9.95. The first kappa shape index (κ1) is 30.5. The van der Waals surface area contributed by atoms with Gasteiger partial charge in [-0.3, -0.25) is 14.4 Å². The van der Waals surface area contributed by atoms with Crippen molar-refractivity contribution in [2.45, 2.75) is 58.0 Å². The van der Waals surface area contributed by atoms with Crippen LogP contribution in [0.4, 0.5) is 0 Å². The van der Waals surface area contributed by atoms with Gasteiger partial charge in [0, 0.05) is 54.6 Å². The third kappa shape index (κ3) is 8.30. The van der Waals surface area contributed by atoms with Gasteiger partial charge in [0.2, 0.25) is 11.8 Å². The molecule has 3 aromatic carbocycles. The van der Waals surface area contributed by atoms with Gasteiger partial charge in [-0.05, 0) is 59.9 Å². The van der Waals surface area contributed by atoms with Gasteiger partial charge in [0.25, 0.3) is 5.91 Å². The average Bonchev–Trinajstić information content (AvgIpc) is 3.12. The van der Waals surface area contributed by atoms with E-state index in [1.165, 1.54) is 5.56 Å². The van der Waals surface area contributed by atoms with Gasteiger partial charge in [0.05, 0.1) is 6.04 Å². The molecule has 3 atom stereocenters. The molecule has 0 aliphatic carbocycles. The summed E-state index contributed by atoms with van der Waals surface area (Å²) in [5, 5.41) is 12.1. The van der Waals surface area contributed by atoms with Crippen molar-refractivity contribution in [3.8, 4) is 0 Å². The highest BCUT2D eigenvalue weighted by atomic mass is 35.5. The Kier molecular flexibility index (Phi) is 10.8. The summed E-state index contributed by atoms with van der Waals surface area (Å²) in [4.78, 5) is 40.9. The molecule has 0 unspecified atom stereocenters. The SMILES string of the molecule is CC[C@H](CN1CC[C@H](CNC(=O)c2ccc3cc(Cl)ccc3c2)N[C@H](CCNC(=O)C(C)C)C1=O)c1ccccc1. The summed E-state index contributed by atoms with van der Waals surface area (Å²) in [7, 11) is 0. The molecule has 1 fully saturated rings. The average molecular weight is 577 g/mol. The van der Waals surface area contributed by atoms with Crippen LogP contribution >= 0.6 is 11.6 Å². The minimum absolute atomic E-state index is 0.0282. The zero-order chi connectivity index (χ0) is 29.4. The molecule has 8 heteroatoms. The van der Waals surface area contributed by atoms with Crippen LogP contribution in [0.15, 0.2) is 66.7 Å². The fourth-order valence-electron chi connectivity index (χ4n) is 5.31. The predicted octanol–water partition coefficient (Wildman–Crippen LogP) is 5.14. The van der Waals surface area contributed by atoms with Gasteiger partial charge < -0.3 is 20.9 Å². The Hall–Kier alpha value is -3.42. The van der Waals surface area contributed by atoms with Gasteiger partial charge in [-0.2, -0.15) is 0 Å². The van der Waals surface area contributed by atoms with E-state index in [1.54, 1.807) is 6.07 Å². The number of benzene rings is 3. The molecule has 0 bridgehead atoms. The summed E-state index contributed by atoms with van der Waals surface area (Å²) in [6, 6.07) is 20.9. The van der Waals surface area contributed by atoms with Crippen LogP contribution in [0, 0.1) is 5.92 Å². The van der Waals surface area contributed by atoms with Crippen LogP contribution in [-0.2, 0) is 9.59 Å². The summed E-state index contributed by atoms with van der Waals surface area (Å²) in [5.74, 6) is -0.0253. The molecule has 0 aromatic heterocycles. The normalized spacial score (nSPS) is 18.3. The number of nitrogens with one attached hydrogen (secondary N) is 3. The van der Waals surface area contributed by atoms with Crippen molar-refractivity contribution < 1.29 is 14.4 Å². The van der Waals surface area contributed by atoms with E-state index in [-0.39, 0.29) is 35.6 Å². The number of nitrogens with zero attached hydrogens (tertiary/aromatic N) is 1. The van der Waals surface area contributed by atoms with Crippen molar-refractivity contribution in [3.05, 3.63) is 82.9 Å². The minimum atomic E-state index is -0.453. The van der Waals surface area contributed by atoms with Crippen molar-refractivity contribution in [2.24, 2.45) is 5.92 Å². The minimum Gasteiger partial charge on any atom is -0.356 e. The molecule has 1 aliphatic heterocycles. The highest BCUT2D eigenvalue weighted by Crippen LogP contribution is 2.23. The molecule has 41 heavy (non-hydrogen) atoms. The summed E-state index contributed by atoms with van der Waals surface area (Å²) in [6.45, 7) is 7.88. The quantitative estimate of drug-likeness (QED) is 0.295. The van der Waals surface area contributed by atoms with Gasteiger partial charge in [-0.15, -0.1) is 0 Å². The molecule has 3 amide bonds. The topological polar surface area (TPSA) is 90.5 Å². The number of halogens is 1. The van der Waals surface area contributed by atoms with Crippen LogP contribution in [0.1, 0.15) is 61.9 Å². The molecule has 1 aliphatic rings. The lowest BCUT2D eigenvalue weighted by molar-refractivity contribution is -0.133. The molecule has 0 spiro atoms. The first-order chi connectivity index (χ1) is 19.7. The maximum Gasteiger partial charge on any atom is 0.251 e. The Labute approximate surface area is 248 Å². The lowest BCUT2D eigenvalue weighted by Gasteiger charge is -2.28. The summed E-state index contributed by atoms with van der Waals surface area (Å²) >= 11 is 6.10. The second-order valence-corrected chi connectivity index (χ2v) is 11.6. The Balaban J connectivity index is 1.44. The maximum atomic E-state index is 13.7. The zero-order valence-electron chi connectivity index (χ0n) is 24.2. The monoisotopic (exact) mass is 576 g/mol. The van der Waals surface area contributed by atoms with E-state index in [4.69, 9.17) is 11.6 Å². The number of rotatable bonds is 11. The van der Waals surface area contributed by atoms with E-state index < -0.39 is 6.04 Å². The number of fused-ring (bicyclic) bond motifs is 1. The standard InChI is InChI=1S/C33H41ClN4O3/c1-4-23(24-8-6-5-7-9-24)21-38-17-15-29(37-30(33(38)41)14-16-35-31(39)22(2)3)20-36-32(40)27-11-10-26-19-28(34)13-12-25(26)18-27/h5-13,18-19,22-23,29-30,37H,4,14-17,20-21H2,1-3H3,(H,35,39)(H,36,40)/t23-,29-,30-/m1/s1. The Morgan fingerprint density at radius 2 is 1.76 bits per heavy atom. The van der Waals surface area contributed by atoms with Gasteiger partial charge in [0.1, 0.15) is 0 Å². The van der Waals surface area contributed by atoms with Crippen LogP contribution in [0.25, 0.3) is 10.8 Å². The van der Waals surface area contributed by atoms with E-state index in [0.717, 1.165) is 17.2 Å². The second-order valence-electron chi connectivity index (χ2n) is 11.2. The first-order valence-electron chi connectivity index (χ1n) is 14.6. The fourth-order valence-corrected chi connectivity index (χ4v) is 5.49. The van der Waals surface area contributed by atoms with Crippen LogP contribution in [0.3, 0.4) is 0 Å². The highest BCUT2D eigenvalue weighted by molar-refractivity contribution is 6.31. The van der Waals surface area contributed by atoms with Crippen molar-refractivity contribution in [3.63, 3.8) is 0 Å². The predicted molar refractivity (Wildman–Crippen MR) is 165 cm³/mol. The van der Waals surface area contributed by atoms with Gasteiger partial charge in [-0.1, -0.05) is 74.8 Å². The fraction of sp³-hybridized carbons (Fsp3) is 0.424. The molecule has 4 rings (SSSR count). The third-order valence-corrected chi connectivity index (χ3v) is 8.06. The van der Waals surface area contributed by atoms with Crippen LogP contribution in [0.5, 0.6) is 0 Å². The number of hydrogen-bond acceptors (Lipinski definition) is 4. The number of amides is 3. The molecule has 1 saturated heterocycles. The first-order valence-corrected chi connectivity index (χ1v) is 15.0. The van der Waals surface area contributed by atoms with Crippen molar-refractivity contribution >= 4 is 40.1 Å². The second kappa shape index (κ2) is 14.5.